The summed E-state index contributed by atoms with van der Waals surface area (Å²) in [5.74, 6) is 0.326. The standard InChI is InChI=1S/C24H34Br6N2O2/c1-19(2)21(15(27)28)7-9-23(19,13(21)25)17(33)31-11-5-6-12-32-18(34)24-10-8-22(14(24)26,16(29)30)20(24,3)4/h13-16H,5-12H2,1-4H3,(H,31,33)(H,32,34). The summed E-state index contributed by atoms with van der Waals surface area (Å²) in [5, 5.41) is 6.42. The number of fused-ring (bicyclic) bond motifs is 2. The lowest BCUT2D eigenvalue weighted by molar-refractivity contribution is -0.162. The molecule has 0 aliphatic heterocycles. The molecule has 6 unspecified atom stereocenters. The molecule has 34 heavy (non-hydrogen) atoms. The van der Waals surface area contributed by atoms with Gasteiger partial charge >= 0.3 is 0 Å². The van der Waals surface area contributed by atoms with Crippen molar-refractivity contribution in [3.8, 4) is 0 Å². The van der Waals surface area contributed by atoms with E-state index >= 15 is 0 Å². The number of carbonyl (C=O) groups excluding carboxylic acids is 2. The van der Waals surface area contributed by atoms with Gasteiger partial charge in [-0.1, -0.05) is 123 Å². The summed E-state index contributed by atoms with van der Waals surface area (Å²) in [4.78, 5) is 26.9. The number of amides is 2. The van der Waals surface area contributed by atoms with Crippen LogP contribution in [0.4, 0.5) is 0 Å². The molecule has 6 atom stereocenters. The summed E-state index contributed by atoms with van der Waals surface area (Å²) in [6, 6.07) is 0. The van der Waals surface area contributed by atoms with Gasteiger partial charge < -0.3 is 10.6 Å². The third kappa shape index (κ3) is 3.08. The fourth-order valence-electron chi connectivity index (χ4n) is 8.37. The SMILES string of the molecule is CC1(C)C2(C(=O)NCCCCNC(=O)C34CCC(C(Br)Br)(C3Br)C4(C)C)CCC1(C(Br)Br)C2Br. The lowest BCUT2D eigenvalue weighted by atomic mass is 9.43. The highest BCUT2D eigenvalue weighted by molar-refractivity contribution is 9.25. The van der Waals surface area contributed by atoms with Gasteiger partial charge in [0.2, 0.25) is 11.8 Å². The van der Waals surface area contributed by atoms with E-state index in [-0.39, 0.29) is 61.4 Å². The maximum atomic E-state index is 13.3. The first-order chi connectivity index (χ1) is 15.7. The highest BCUT2D eigenvalue weighted by Crippen LogP contribution is 2.83. The van der Waals surface area contributed by atoms with Crippen molar-refractivity contribution in [3.05, 3.63) is 0 Å². The number of hydrogen-bond donors (Lipinski definition) is 2. The number of halogens is 6. The number of nitrogens with one attached hydrogen (secondary N) is 2. The predicted molar refractivity (Wildman–Crippen MR) is 160 cm³/mol. The quantitative estimate of drug-likeness (QED) is 0.188. The minimum atomic E-state index is -0.363. The second kappa shape index (κ2) is 9.19. The molecule has 6 fully saturated rings. The average molecular weight is 862 g/mol. The van der Waals surface area contributed by atoms with Crippen LogP contribution in [0.25, 0.3) is 0 Å². The fraction of sp³-hybridized carbons (Fsp3) is 0.917. The maximum absolute atomic E-state index is 13.3. The van der Waals surface area contributed by atoms with E-state index in [1.54, 1.807) is 0 Å². The summed E-state index contributed by atoms with van der Waals surface area (Å²) < 4.78 is 0.358. The van der Waals surface area contributed by atoms with E-state index in [1.807, 2.05) is 0 Å². The Morgan fingerprint density at radius 1 is 0.706 bits per heavy atom. The van der Waals surface area contributed by atoms with Gasteiger partial charge in [-0.05, 0) is 49.4 Å². The number of unbranched alkanes of at least 4 members (excludes halogenated alkanes) is 1. The monoisotopic (exact) mass is 856 g/mol. The van der Waals surface area contributed by atoms with E-state index < -0.39 is 0 Å². The summed E-state index contributed by atoms with van der Waals surface area (Å²) >= 11 is 22.7. The molecule has 2 amide bonds. The van der Waals surface area contributed by atoms with Gasteiger partial charge in [-0.15, -0.1) is 0 Å². The number of alkyl halides is 6. The van der Waals surface area contributed by atoms with Crippen LogP contribution < -0.4 is 10.6 Å². The van der Waals surface area contributed by atoms with E-state index in [9.17, 15) is 9.59 Å². The Bertz CT molecular complexity index is 812. The lowest BCUT2D eigenvalue weighted by Gasteiger charge is -2.66. The zero-order valence-electron chi connectivity index (χ0n) is 20.1. The first-order valence-corrected chi connectivity index (χ1v) is 17.6. The summed E-state index contributed by atoms with van der Waals surface area (Å²) in [6.07, 6.45) is 5.56. The largest absolute Gasteiger partial charge is 0.356 e. The van der Waals surface area contributed by atoms with Crippen molar-refractivity contribution in [1.82, 2.24) is 10.6 Å². The van der Waals surface area contributed by atoms with Crippen LogP contribution in [0.3, 0.4) is 0 Å². The van der Waals surface area contributed by atoms with Crippen LogP contribution in [0.5, 0.6) is 0 Å². The van der Waals surface area contributed by atoms with E-state index in [0.29, 0.717) is 13.1 Å². The molecule has 4 bridgehead atoms. The van der Waals surface area contributed by atoms with Crippen molar-refractivity contribution in [1.29, 1.82) is 0 Å². The van der Waals surface area contributed by atoms with Crippen molar-refractivity contribution in [2.45, 2.75) is 83.3 Å². The van der Waals surface area contributed by atoms with Crippen LogP contribution in [0.15, 0.2) is 0 Å². The summed E-state index contributed by atoms with van der Waals surface area (Å²) in [5.41, 5.74) is -0.831. The van der Waals surface area contributed by atoms with E-state index in [2.05, 4.69) is 134 Å². The molecule has 0 spiro atoms. The van der Waals surface area contributed by atoms with Gasteiger partial charge in [0, 0.05) is 33.6 Å². The van der Waals surface area contributed by atoms with Crippen LogP contribution >= 0.6 is 95.6 Å². The topological polar surface area (TPSA) is 58.2 Å². The van der Waals surface area contributed by atoms with E-state index in [1.165, 1.54) is 0 Å². The van der Waals surface area contributed by atoms with Gasteiger partial charge in [-0.2, -0.15) is 0 Å². The van der Waals surface area contributed by atoms with Crippen LogP contribution in [0.2, 0.25) is 0 Å². The summed E-state index contributed by atoms with van der Waals surface area (Å²) in [6.45, 7) is 10.2. The van der Waals surface area contributed by atoms with Crippen LogP contribution in [0, 0.1) is 32.5 Å². The third-order valence-electron chi connectivity index (χ3n) is 11.0. The first kappa shape index (κ1) is 28.8. The molecular weight excluding hydrogens is 828 g/mol. The summed E-state index contributed by atoms with van der Waals surface area (Å²) in [7, 11) is 0. The van der Waals surface area contributed by atoms with E-state index in [0.717, 1.165) is 38.5 Å². The number of hydrogen-bond acceptors (Lipinski definition) is 2. The zero-order valence-corrected chi connectivity index (χ0v) is 29.6. The Kier molecular flexibility index (Phi) is 7.79. The molecule has 194 valence electrons. The normalized spacial score (nSPS) is 42.9. The second-order valence-corrected chi connectivity index (χ2v) is 19.8. The minimum Gasteiger partial charge on any atom is -0.356 e. The molecule has 6 aliphatic carbocycles. The molecule has 2 N–H and O–H groups in total. The molecule has 0 radical (unpaired) electrons. The maximum Gasteiger partial charge on any atom is 0.227 e. The Hall–Kier alpha value is 1.82. The smallest absolute Gasteiger partial charge is 0.227 e. The van der Waals surface area contributed by atoms with Gasteiger partial charge in [0.05, 0.1) is 18.3 Å². The van der Waals surface area contributed by atoms with Gasteiger partial charge in [0.15, 0.2) is 0 Å². The van der Waals surface area contributed by atoms with Crippen molar-refractivity contribution >= 4 is 107 Å². The molecular formula is C24H34Br6N2O2. The van der Waals surface area contributed by atoms with E-state index in [4.69, 9.17) is 0 Å². The Balaban J connectivity index is 1.24. The molecule has 6 rings (SSSR count). The van der Waals surface area contributed by atoms with Crippen molar-refractivity contribution in [3.63, 3.8) is 0 Å². The molecule has 10 heteroatoms. The number of rotatable bonds is 9. The van der Waals surface area contributed by atoms with Gasteiger partial charge in [-0.25, -0.2) is 0 Å². The molecule has 4 nitrogen and oxygen atoms in total. The molecule has 0 aromatic heterocycles. The molecule has 0 aromatic rings. The molecule has 0 heterocycles. The van der Waals surface area contributed by atoms with Crippen molar-refractivity contribution < 1.29 is 9.59 Å². The Morgan fingerprint density at radius 2 is 1.03 bits per heavy atom. The number of carbonyl (C=O) groups is 2. The van der Waals surface area contributed by atoms with Crippen molar-refractivity contribution in [2.24, 2.45) is 32.5 Å². The van der Waals surface area contributed by atoms with Gasteiger partial charge in [0.25, 0.3) is 0 Å². The van der Waals surface area contributed by atoms with Gasteiger partial charge in [0.1, 0.15) is 0 Å². The molecule has 0 aromatic carbocycles. The van der Waals surface area contributed by atoms with Crippen LogP contribution in [-0.2, 0) is 9.59 Å². The van der Waals surface area contributed by atoms with Gasteiger partial charge in [-0.3, -0.25) is 9.59 Å². The second-order valence-electron chi connectivity index (χ2n) is 11.8. The average Bonchev–Trinajstić information content (AvgIpc) is 3.42. The predicted octanol–water partition coefficient (Wildman–Crippen LogP) is 7.37. The molecule has 6 saturated carbocycles. The minimum absolute atomic E-state index is 0.0398. The highest BCUT2D eigenvalue weighted by atomic mass is 79.9. The molecule has 0 saturated heterocycles. The third-order valence-corrected chi connectivity index (χ3v) is 17.4. The highest BCUT2D eigenvalue weighted by Gasteiger charge is 2.84. The first-order valence-electron chi connectivity index (χ1n) is 12.1. The fourth-order valence-corrected chi connectivity index (χ4v) is 18.2. The zero-order chi connectivity index (χ0) is 25.5. The molecule has 6 aliphatic rings. The lowest BCUT2D eigenvalue weighted by Crippen LogP contribution is -2.72. The van der Waals surface area contributed by atoms with Crippen LogP contribution in [-0.4, -0.2) is 42.0 Å². The van der Waals surface area contributed by atoms with Crippen LogP contribution in [0.1, 0.15) is 66.2 Å². The Morgan fingerprint density at radius 3 is 1.26 bits per heavy atom. The van der Waals surface area contributed by atoms with Crippen molar-refractivity contribution in [2.75, 3.05) is 13.1 Å². The Labute approximate surface area is 254 Å².